The van der Waals surface area contributed by atoms with Crippen molar-refractivity contribution in [2.45, 2.75) is 43.5 Å². The largest absolute Gasteiger partial charge is 0.475 e. The second kappa shape index (κ2) is 7.40. The standard InChI is InChI=1S/C14H20N2O4S/c1-21-11-4-2-3-9(7-11)16-14(19)15-8-10-5-6-12(20-10)13(17)18/h5-6,9,11H,2-4,7-8H2,1H3,(H,17,18)(H2,15,16,19). The zero-order valence-electron chi connectivity index (χ0n) is 11.9. The minimum atomic E-state index is -1.11. The van der Waals surface area contributed by atoms with Crippen molar-refractivity contribution >= 4 is 23.8 Å². The van der Waals surface area contributed by atoms with Gasteiger partial charge < -0.3 is 20.2 Å². The van der Waals surface area contributed by atoms with E-state index >= 15 is 0 Å². The maximum atomic E-state index is 11.8. The molecule has 1 aromatic rings. The van der Waals surface area contributed by atoms with Crippen LogP contribution in [0.4, 0.5) is 4.79 Å². The van der Waals surface area contributed by atoms with E-state index < -0.39 is 5.97 Å². The Hall–Kier alpha value is -1.63. The Morgan fingerprint density at radius 1 is 1.43 bits per heavy atom. The van der Waals surface area contributed by atoms with Crippen molar-refractivity contribution in [3.8, 4) is 0 Å². The summed E-state index contributed by atoms with van der Waals surface area (Å²) in [6.45, 7) is 0.178. The number of nitrogens with one attached hydrogen (secondary N) is 2. The van der Waals surface area contributed by atoms with Gasteiger partial charge in [-0.3, -0.25) is 0 Å². The molecule has 1 aliphatic carbocycles. The molecule has 1 fully saturated rings. The van der Waals surface area contributed by atoms with Gasteiger partial charge in [0.2, 0.25) is 5.76 Å². The van der Waals surface area contributed by atoms with Crippen LogP contribution in [0, 0.1) is 0 Å². The van der Waals surface area contributed by atoms with Crippen LogP contribution < -0.4 is 10.6 Å². The summed E-state index contributed by atoms with van der Waals surface area (Å²) in [5.41, 5.74) is 0. The lowest BCUT2D eigenvalue weighted by molar-refractivity contribution is 0.0660. The molecular formula is C14H20N2O4S. The molecule has 2 atom stereocenters. The summed E-state index contributed by atoms with van der Waals surface area (Å²) in [6, 6.07) is 2.90. The van der Waals surface area contributed by atoms with Crippen molar-refractivity contribution in [3.05, 3.63) is 23.7 Å². The van der Waals surface area contributed by atoms with E-state index in [1.54, 1.807) is 6.07 Å². The lowest BCUT2D eigenvalue weighted by Crippen LogP contribution is -2.44. The number of carboxylic acid groups (broad SMARTS) is 1. The Morgan fingerprint density at radius 2 is 2.24 bits per heavy atom. The van der Waals surface area contributed by atoms with Crippen LogP contribution in [-0.2, 0) is 6.54 Å². The van der Waals surface area contributed by atoms with Crippen LogP contribution in [0.15, 0.2) is 16.5 Å². The Morgan fingerprint density at radius 3 is 2.90 bits per heavy atom. The molecule has 0 radical (unpaired) electrons. The maximum Gasteiger partial charge on any atom is 0.371 e. The molecule has 3 N–H and O–H groups in total. The number of rotatable bonds is 5. The van der Waals surface area contributed by atoms with Gasteiger partial charge in [0.1, 0.15) is 5.76 Å². The van der Waals surface area contributed by atoms with Crippen molar-refractivity contribution in [3.63, 3.8) is 0 Å². The van der Waals surface area contributed by atoms with Gasteiger partial charge >= 0.3 is 12.0 Å². The predicted molar refractivity (Wildman–Crippen MR) is 80.6 cm³/mol. The molecule has 0 aliphatic heterocycles. The van der Waals surface area contributed by atoms with Gasteiger partial charge in [0, 0.05) is 11.3 Å². The highest BCUT2D eigenvalue weighted by Crippen LogP contribution is 2.26. The van der Waals surface area contributed by atoms with Crippen LogP contribution in [0.2, 0.25) is 0 Å². The Kier molecular flexibility index (Phi) is 5.55. The third kappa shape index (κ3) is 4.70. The van der Waals surface area contributed by atoms with Gasteiger partial charge in [-0.1, -0.05) is 6.42 Å². The van der Waals surface area contributed by atoms with Gasteiger partial charge in [-0.05, 0) is 37.7 Å². The highest BCUT2D eigenvalue weighted by Gasteiger charge is 2.22. The molecule has 2 amide bonds. The summed E-state index contributed by atoms with van der Waals surface area (Å²) >= 11 is 1.85. The Bertz CT molecular complexity index is 503. The van der Waals surface area contributed by atoms with E-state index in [1.165, 1.54) is 12.5 Å². The number of carbonyl (C=O) groups excluding carboxylic acids is 1. The summed E-state index contributed by atoms with van der Waals surface area (Å²) in [4.78, 5) is 22.5. The first-order valence-electron chi connectivity index (χ1n) is 6.97. The molecule has 2 rings (SSSR count). The van der Waals surface area contributed by atoms with Gasteiger partial charge in [-0.15, -0.1) is 0 Å². The minimum absolute atomic E-state index is 0.123. The quantitative estimate of drug-likeness (QED) is 0.777. The number of amides is 2. The molecule has 0 bridgehead atoms. The molecule has 1 aromatic heterocycles. The number of hydrogen-bond acceptors (Lipinski definition) is 4. The first-order valence-corrected chi connectivity index (χ1v) is 8.26. The van der Waals surface area contributed by atoms with Crippen LogP contribution >= 0.6 is 11.8 Å². The van der Waals surface area contributed by atoms with Crippen LogP contribution in [0.25, 0.3) is 0 Å². The van der Waals surface area contributed by atoms with Crippen LogP contribution in [-0.4, -0.2) is 34.7 Å². The van der Waals surface area contributed by atoms with Gasteiger partial charge in [0.05, 0.1) is 6.54 Å². The predicted octanol–water partition coefficient (Wildman–Crippen LogP) is 2.45. The highest BCUT2D eigenvalue weighted by atomic mass is 32.2. The molecule has 21 heavy (non-hydrogen) atoms. The van der Waals surface area contributed by atoms with Crippen molar-refractivity contribution < 1.29 is 19.1 Å². The Balaban J connectivity index is 1.75. The van der Waals surface area contributed by atoms with Crippen molar-refractivity contribution in [2.24, 2.45) is 0 Å². The molecule has 1 aliphatic rings. The molecule has 0 saturated heterocycles. The topological polar surface area (TPSA) is 91.6 Å². The van der Waals surface area contributed by atoms with E-state index in [0.29, 0.717) is 11.0 Å². The third-order valence-corrected chi connectivity index (χ3v) is 4.69. The summed E-state index contributed by atoms with van der Waals surface area (Å²) in [5.74, 6) is -0.813. The normalized spacial score (nSPS) is 21.8. The molecule has 1 heterocycles. The third-order valence-electron chi connectivity index (χ3n) is 3.59. The lowest BCUT2D eigenvalue weighted by Gasteiger charge is -2.28. The first-order chi connectivity index (χ1) is 10.1. The monoisotopic (exact) mass is 312 g/mol. The summed E-state index contributed by atoms with van der Waals surface area (Å²) in [7, 11) is 0. The van der Waals surface area contributed by atoms with Gasteiger partial charge in [-0.25, -0.2) is 9.59 Å². The van der Waals surface area contributed by atoms with Crippen LogP contribution in [0.5, 0.6) is 0 Å². The minimum Gasteiger partial charge on any atom is -0.475 e. The van der Waals surface area contributed by atoms with E-state index in [2.05, 4.69) is 16.9 Å². The summed E-state index contributed by atoms with van der Waals surface area (Å²) in [5, 5.41) is 15.0. The Labute approximate surface area is 127 Å². The fourth-order valence-electron chi connectivity index (χ4n) is 2.48. The number of urea groups is 1. The van der Waals surface area contributed by atoms with Gasteiger partial charge in [0.25, 0.3) is 0 Å². The van der Waals surface area contributed by atoms with E-state index in [9.17, 15) is 9.59 Å². The second-order valence-electron chi connectivity index (χ2n) is 5.12. The average molecular weight is 312 g/mol. The number of carbonyl (C=O) groups is 2. The van der Waals surface area contributed by atoms with E-state index in [0.717, 1.165) is 19.3 Å². The van der Waals surface area contributed by atoms with E-state index in [1.807, 2.05) is 11.8 Å². The number of thioether (sulfide) groups is 1. The maximum absolute atomic E-state index is 11.8. The SMILES string of the molecule is CSC1CCCC(NC(=O)NCc2ccc(C(=O)O)o2)C1. The molecule has 7 heteroatoms. The number of furan rings is 1. The molecule has 116 valence electrons. The molecule has 1 saturated carbocycles. The van der Waals surface area contributed by atoms with Crippen molar-refractivity contribution in [2.75, 3.05) is 6.26 Å². The van der Waals surface area contributed by atoms with Gasteiger partial charge in [-0.2, -0.15) is 11.8 Å². The fourth-order valence-corrected chi connectivity index (χ4v) is 3.31. The summed E-state index contributed by atoms with van der Waals surface area (Å²) in [6.07, 6.45) is 6.46. The molecule has 2 unspecified atom stereocenters. The summed E-state index contributed by atoms with van der Waals surface area (Å²) < 4.78 is 5.07. The lowest BCUT2D eigenvalue weighted by atomic mass is 9.95. The second-order valence-corrected chi connectivity index (χ2v) is 6.26. The molecule has 6 nitrogen and oxygen atoms in total. The molecule has 0 spiro atoms. The van der Waals surface area contributed by atoms with E-state index in [-0.39, 0.29) is 24.4 Å². The zero-order chi connectivity index (χ0) is 15.2. The van der Waals surface area contributed by atoms with E-state index in [4.69, 9.17) is 9.52 Å². The van der Waals surface area contributed by atoms with Crippen LogP contribution in [0.3, 0.4) is 0 Å². The number of carboxylic acids is 1. The van der Waals surface area contributed by atoms with Crippen LogP contribution in [0.1, 0.15) is 42.0 Å². The highest BCUT2D eigenvalue weighted by molar-refractivity contribution is 7.99. The van der Waals surface area contributed by atoms with Crippen molar-refractivity contribution in [1.82, 2.24) is 10.6 Å². The van der Waals surface area contributed by atoms with Crippen molar-refractivity contribution in [1.29, 1.82) is 0 Å². The smallest absolute Gasteiger partial charge is 0.371 e. The molecular weight excluding hydrogens is 292 g/mol. The first kappa shape index (κ1) is 15.8. The van der Waals surface area contributed by atoms with Gasteiger partial charge in [0.15, 0.2) is 0 Å². The number of aromatic carboxylic acids is 1. The zero-order valence-corrected chi connectivity index (χ0v) is 12.7. The molecule has 0 aromatic carbocycles. The number of hydrogen-bond donors (Lipinski definition) is 3. The fraction of sp³-hybridized carbons (Fsp3) is 0.571. The average Bonchev–Trinajstić information content (AvgIpc) is 2.94.